The van der Waals surface area contributed by atoms with Crippen LogP contribution in [0.2, 0.25) is 0 Å². The normalized spacial score (nSPS) is 11.7. The zero-order chi connectivity index (χ0) is 20.8. The first-order valence-electron chi connectivity index (χ1n) is 9.53. The minimum Gasteiger partial charge on any atom is -0.354 e. The van der Waals surface area contributed by atoms with Gasteiger partial charge in [-0.25, -0.2) is 4.98 Å². The maximum Gasteiger partial charge on any atom is 0.269 e. The van der Waals surface area contributed by atoms with Gasteiger partial charge in [-0.3, -0.25) is 14.3 Å². The monoisotopic (exact) mass is 391 g/mol. The van der Waals surface area contributed by atoms with E-state index in [2.05, 4.69) is 20.7 Å². The van der Waals surface area contributed by atoms with Gasteiger partial charge in [-0.05, 0) is 23.8 Å². The number of pyridine rings is 1. The Hall–Kier alpha value is -3.48. The van der Waals surface area contributed by atoms with E-state index in [9.17, 15) is 9.59 Å². The Morgan fingerprint density at radius 3 is 2.52 bits per heavy atom. The second-order valence-electron chi connectivity index (χ2n) is 6.86. The van der Waals surface area contributed by atoms with Crippen LogP contribution >= 0.6 is 0 Å². The summed E-state index contributed by atoms with van der Waals surface area (Å²) in [6.45, 7) is 2.46. The summed E-state index contributed by atoms with van der Waals surface area (Å²) in [7, 11) is 3.40. The summed E-state index contributed by atoms with van der Waals surface area (Å²) in [4.78, 5) is 29.4. The van der Waals surface area contributed by atoms with E-state index in [1.54, 1.807) is 17.8 Å². The van der Waals surface area contributed by atoms with Gasteiger partial charge in [-0.1, -0.05) is 37.3 Å². The largest absolute Gasteiger partial charge is 0.354 e. The van der Waals surface area contributed by atoms with Crippen molar-refractivity contribution in [1.82, 2.24) is 25.4 Å². The van der Waals surface area contributed by atoms with E-state index in [0.717, 1.165) is 11.3 Å². The number of carbonyl (C=O) groups is 2. The molecule has 3 aromatic rings. The van der Waals surface area contributed by atoms with Crippen molar-refractivity contribution in [2.45, 2.75) is 19.3 Å². The van der Waals surface area contributed by atoms with Gasteiger partial charge >= 0.3 is 0 Å². The Morgan fingerprint density at radius 1 is 1.10 bits per heavy atom. The van der Waals surface area contributed by atoms with Crippen LogP contribution in [0.5, 0.6) is 0 Å². The highest BCUT2D eigenvalue weighted by Crippen LogP contribution is 2.23. The quantitative estimate of drug-likeness (QED) is 0.647. The fourth-order valence-electron chi connectivity index (χ4n) is 3.06. The molecule has 2 aromatic heterocycles. The van der Waals surface area contributed by atoms with Crippen LogP contribution in [0.25, 0.3) is 0 Å². The van der Waals surface area contributed by atoms with E-state index in [1.807, 2.05) is 56.6 Å². The number of aryl methyl sites for hydroxylation is 1. The molecular formula is C22H25N5O2. The lowest BCUT2D eigenvalue weighted by molar-refractivity contribution is 0.0954. The number of amides is 2. The number of carbonyl (C=O) groups excluding carboxylic acids is 2. The lowest BCUT2D eigenvalue weighted by Crippen LogP contribution is -2.27. The van der Waals surface area contributed by atoms with Crippen molar-refractivity contribution in [2.75, 3.05) is 13.6 Å². The van der Waals surface area contributed by atoms with Crippen LogP contribution in [0.15, 0.2) is 54.7 Å². The van der Waals surface area contributed by atoms with E-state index in [1.165, 1.54) is 6.07 Å². The second-order valence-corrected chi connectivity index (χ2v) is 6.86. The lowest BCUT2D eigenvalue weighted by atomic mass is 9.96. The molecule has 0 aliphatic heterocycles. The molecule has 1 aromatic carbocycles. The molecule has 0 saturated heterocycles. The van der Waals surface area contributed by atoms with E-state index >= 15 is 0 Å². The molecule has 0 bridgehead atoms. The summed E-state index contributed by atoms with van der Waals surface area (Å²) in [6.07, 6.45) is 2.50. The molecule has 1 atom stereocenters. The number of aromatic nitrogens is 3. The molecule has 2 N–H and O–H groups in total. The third-order valence-corrected chi connectivity index (χ3v) is 4.75. The van der Waals surface area contributed by atoms with Crippen molar-refractivity contribution in [2.24, 2.45) is 7.05 Å². The van der Waals surface area contributed by atoms with Crippen LogP contribution in [0.4, 0.5) is 0 Å². The van der Waals surface area contributed by atoms with Crippen molar-refractivity contribution >= 4 is 11.8 Å². The van der Waals surface area contributed by atoms with Gasteiger partial charge in [-0.2, -0.15) is 5.10 Å². The van der Waals surface area contributed by atoms with Gasteiger partial charge in [-0.15, -0.1) is 0 Å². The highest BCUT2D eigenvalue weighted by Gasteiger charge is 2.18. The molecule has 3 rings (SSSR count). The smallest absolute Gasteiger partial charge is 0.269 e. The lowest BCUT2D eigenvalue weighted by Gasteiger charge is -2.14. The van der Waals surface area contributed by atoms with E-state index in [4.69, 9.17) is 0 Å². The number of hydrogen-bond acceptors (Lipinski definition) is 4. The van der Waals surface area contributed by atoms with Crippen LogP contribution in [-0.4, -0.2) is 40.2 Å². The number of nitrogens with one attached hydrogen (secondary N) is 2. The first kappa shape index (κ1) is 20.3. The maximum atomic E-state index is 12.7. The molecule has 2 amide bonds. The predicted molar refractivity (Wildman–Crippen MR) is 111 cm³/mol. The molecule has 7 heteroatoms. The third kappa shape index (κ3) is 5.07. The standard InChI is InChI=1S/C22H25N5O2/c1-15(16-7-5-4-6-8-16)19-13-17(14-20(25-19)22(29)23-2)21(28)24-11-9-18-10-12-27(3)26-18/h4-8,10,12-15H,9,11H2,1-3H3,(H,23,29)(H,24,28)/t15-/m0/s1. The van der Waals surface area contributed by atoms with Crippen molar-refractivity contribution in [3.63, 3.8) is 0 Å². The molecule has 0 saturated carbocycles. The fourth-order valence-corrected chi connectivity index (χ4v) is 3.06. The Balaban J connectivity index is 1.80. The maximum absolute atomic E-state index is 12.7. The molecule has 150 valence electrons. The van der Waals surface area contributed by atoms with Crippen molar-refractivity contribution in [3.05, 3.63) is 82.9 Å². The van der Waals surface area contributed by atoms with Gasteiger partial charge in [0.25, 0.3) is 11.8 Å². The van der Waals surface area contributed by atoms with Gasteiger partial charge in [0.15, 0.2) is 0 Å². The summed E-state index contributed by atoms with van der Waals surface area (Å²) in [5, 5.41) is 9.78. The molecule has 29 heavy (non-hydrogen) atoms. The molecule has 0 unspecified atom stereocenters. The van der Waals surface area contributed by atoms with Crippen LogP contribution in [0.1, 0.15) is 50.6 Å². The first-order valence-corrected chi connectivity index (χ1v) is 9.53. The van der Waals surface area contributed by atoms with Gasteiger partial charge in [0.2, 0.25) is 0 Å². The summed E-state index contributed by atoms with van der Waals surface area (Å²) in [5.74, 6) is -0.620. The molecule has 0 fully saturated rings. The summed E-state index contributed by atoms with van der Waals surface area (Å²) in [6, 6.07) is 15.1. The number of hydrogen-bond donors (Lipinski definition) is 2. The van der Waals surface area contributed by atoms with Crippen molar-refractivity contribution in [1.29, 1.82) is 0 Å². The van der Waals surface area contributed by atoms with Crippen molar-refractivity contribution in [3.8, 4) is 0 Å². The summed E-state index contributed by atoms with van der Waals surface area (Å²) >= 11 is 0. The van der Waals surface area contributed by atoms with E-state index < -0.39 is 0 Å². The Kier molecular flexibility index (Phi) is 6.39. The summed E-state index contributed by atoms with van der Waals surface area (Å²) in [5.41, 5.74) is 3.29. The first-order chi connectivity index (χ1) is 14.0. The predicted octanol–water partition coefficient (Wildman–Crippen LogP) is 2.30. The average Bonchev–Trinajstić information content (AvgIpc) is 3.17. The van der Waals surface area contributed by atoms with Crippen LogP contribution in [-0.2, 0) is 13.5 Å². The van der Waals surface area contributed by atoms with Gasteiger partial charge in [0.1, 0.15) is 5.69 Å². The Bertz CT molecular complexity index is 997. The number of rotatable bonds is 7. The molecule has 0 radical (unpaired) electrons. The molecule has 0 spiro atoms. The molecular weight excluding hydrogens is 366 g/mol. The zero-order valence-electron chi connectivity index (χ0n) is 16.8. The molecule has 2 heterocycles. The minimum absolute atomic E-state index is 0.0547. The van der Waals surface area contributed by atoms with Gasteiger partial charge in [0, 0.05) is 50.4 Å². The van der Waals surface area contributed by atoms with Crippen LogP contribution in [0, 0.1) is 0 Å². The fraction of sp³-hybridized carbons (Fsp3) is 0.273. The van der Waals surface area contributed by atoms with Crippen molar-refractivity contribution < 1.29 is 9.59 Å². The SMILES string of the molecule is CNC(=O)c1cc(C(=O)NCCc2ccn(C)n2)cc([C@@H](C)c2ccccc2)n1. The Morgan fingerprint density at radius 2 is 1.86 bits per heavy atom. The Labute approximate surface area is 170 Å². The highest BCUT2D eigenvalue weighted by molar-refractivity contribution is 5.98. The molecule has 0 aliphatic rings. The topological polar surface area (TPSA) is 88.9 Å². The van der Waals surface area contributed by atoms with Gasteiger partial charge in [0.05, 0.1) is 5.69 Å². The van der Waals surface area contributed by atoms with Crippen LogP contribution < -0.4 is 10.6 Å². The number of nitrogens with zero attached hydrogens (tertiary/aromatic N) is 3. The zero-order valence-corrected chi connectivity index (χ0v) is 16.8. The second kappa shape index (κ2) is 9.14. The number of benzene rings is 1. The van der Waals surface area contributed by atoms with Gasteiger partial charge < -0.3 is 10.6 Å². The highest BCUT2D eigenvalue weighted by atomic mass is 16.2. The van der Waals surface area contributed by atoms with Crippen LogP contribution in [0.3, 0.4) is 0 Å². The molecule has 7 nitrogen and oxygen atoms in total. The van der Waals surface area contributed by atoms with E-state index in [0.29, 0.717) is 24.2 Å². The summed E-state index contributed by atoms with van der Waals surface area (Å²) < 4.78 is 1.73. The minimum atomic E-state index is -0.324. The molecule has 0 aliphatic carbocycles. The van der Waals surface area contributed by atoms with E-state index in [-0.39, 0.29) is 23.4 Å². The third-order valence-electron chi connectivity index (χ3n) is 4.75. The average molecular weight is 391 g/mol.